The lowest BCUT2D eigenvalue weighted by atomic mass is 10.00. The minimum Gasteiger partial charge on any atom is -0.346 e. The van der Waals surface area contributed by atoms with Gasteiger partial charge in [0.15, 0.2) is 0 Å². The van der Waals surface area contributed by atoms with Gasteiger partial charge in [-0.1, -0.05) is 28.1 Å². The van der Waals surface area contributed by atoms with Crippen LogP contribution in [0.25, 0.3) is 0 Å². The Bertz CT molecular complexity index is 726. The maximum absolute atomic E-state index is 11.3. The summed E-state index contributed by atoms with van der Waals surface area (Å²) in [5.74, 6) is 0.582. The lowest BCUT2D eigenvalue weighted by Crippen LogP contribution is -2.32. The van der Waals surface area contributed by atoms with Crippen molar-refractivity contribution in [2.45, 2.75) is 19.9 Å². The third kappa shape index (κ3) is 2.31. The first-order valence-corrected chi connectivity index (χ1v) is 7.47. The minimum absolute atomic E-state index is 0.105. The van der Waals surface area contributed by atoms with Crippen molar-refractivity contribution in [2.75, 3.05) is 11.4 Å². The fraction of sp³-hybridized carbons (Fsp3) is 0.357. The van der Waals surface area contributed by atoms with E-state index < -0.39 is 0 Å². The van der Waals surface area contributed by atoms with Gasteiger partial charge >= 0.3 is 5.69 Å². The summed E-state index contributed by atoms with van der Waals surface area (Å²) in [6.07, 6.45) is 0.871. The number of halogens is 1. The van der Waals surface area contributed by atoms with Gasteiger partial charge in [0.25, 0.3) is 0 Å². The van der Waals surface area contributed by atoms with Crippen molar-refractivity contribution in [1.82, 2.24) is 9.78 Å². The zero-order valence-electron chi connectivity index (χ0n) is 11.8. The maximum atomic E-state index is 11.3. The van der Waals surface area contributed by atoms with Crippen LogP contribution < -0.4 is 4.90 Å². The number of hydrogen-bond donors (Lipinski definition) is 0. The second kappa shape index (κ2) is 5.14. The molecule has 0 saturated carbocycles. The molecule has 0 saturated heterocycles. The highest BCUT2D eigenvalue weighted by Crippen LogP contribution is 2.35. The van der Waals surface area contributed by atoms with Crippen LogP contribution in [0, 0.1) is 17.0 Å². The third-order valence-electron chi connectivity index (χ3n) is 3.86. The van der Waals surface area contributed by atoms with Crippen LogP contribution >= 0.6 is 15.9 Å². The number of aromatic nitrogens is 2. The fourth-order valence-corrected chi connectivity index (χ4v) is 3.46. The highest BCUT2D eigenvalue weighted by atomic mass is 79.9. The van der Waals surface area contributed by atoms with Crippen molar-refractivity contribution in [1.29, 1.82) is 0 Å². The lowest BCUT2D eigenvalue weighted by Gasteiger charge is -2.30. The Kier molecular flexibility index (Phi) is 3.44. The zero-order chi connectivity index (χ0) is 15.1. The summed E-state index contributed by atoms with van der Waals surface area (Å²) in [7, 11) is 1.75. The van der Waals surface area contributed by atoms with E-state index in [0.717, 1.165) is 17.4 Å². The number of benzene rings is 1. The largest absolute Gasteiger partial charge is 0.346 e. The number of aryl methyl sites for hydroxylation is 2. The molecule has 1 aromatic heterocycles. The second-order valence-electron chi connectivity index (χ2n) is 5.19. The first kappa shape index (κ1) is 14.1. The molecule has 1 aliphatic rings. The van der Waals surface area contributed by atoms with Crippen molar-refractivity contribution in [2.24, 2.45) is 7.05 Å². The monoisotopic (exact) mass is 350 g/mol. The molecule has 21 heavy (non-hydrogen) atoms. The van der Waals surface area contributed by atoms with Gasteiger partial charge < -0.3 is 4.90 Å². The summed E-state index contributed by atoms with van der Waals surface area (Å²) in [5, 5.41) is 15.5. The van der Waals surface area contributed by atoms with Crippen LogP contribution in [-0.4, -0.2) is 21.2 Å². The molecule has 2 aromatic rings. The van der Waals surface area contributed by atoms with Gasteiger partial charge in [0, 0.05) is 24.6 Å². The molecule has 1 aliphatic heterocycles. The van der Waals surface area contributed by atoms with E-state index in [4.69, 9.17) is 0 Å². The lowest BCUT2D eigenvalue weighted by molar-refractivity contribution is -0.384. The summed E-state index contributed by atoms with van der Waals surface area (Å²) in [5.41, 5.74) is 3.04. The molecular formula is C14H15BrN4O2. The first-order chi connectivity index (χ1) is 9.99. The van der Waals surface area contributed by atoms with E-state index in [1.54, 1.807) is 18.7 Å². The van der Waals surface area contributed by atoms with Crippen LogP contribution in [0.4, 0.5) is 11.5 Å². The van der Waals surface area contributed by atoms with Crippen molar-refractivity contribution < 1.29 is 4.92 Å². The van der Waals surface area contributed by atoms with Gasteiger partial charge in [-0.05, 0) is 30.5 Å². The molecule has 1 aromatic carbocycles. The van der Waals surface area contributed by atoms with E-state index in [1.807, 2.05) is 17.0 Å². The summed E-state index contributed by atoms with van der Waals surface area (Å²) in [6.45, 7) is 3.08. The highest BCUT2D eigenvalue weighted by molar-refractivity contribution is 9.10. The molecule has 6 nitrogen and oxygen atoms in total. The first-order valence-electron chi connectivity index (χ1n) is 6.68. The molecule has 0 spiro atoms. The van der Waals surface area contributed by atoms with E-state index in [-0.39, 0.29) is 10.6 Å². The maximum Gasteiger partial charge on any atom is 0.333 e. The third-order valence-corrected chi connectivity index (χ3v) is 4.60. The van der Waals surface area contributed by atoms with Gasteiger partial charge in [-0.25, -0.2) is 4.68 Å². The predicted molar refractivity (Wildman–Crippen MR) is 83.5 cm³/mol. The molecule has 0 N–H and O–H groups in total. The molecule has 0 aliphatic carbocycles. The SMILES string of the molecule is Cc1nn(C)c(N2CCc3cccc(Br)c3C2)c1[N+](=O)[O-]. The average molecular weight is 351 g/mol. The van der Waals surface area contributed by atoms with Crippen LogP contribution in [0.3, 0.4) is 0 Å². The van der Waals surface area contributed by atoms with E-state index in [0.29, 0.717) is 18.1 Å². The number of fused-ring (bicyclic) bond motifs is 1. The van der Waals surface area contributed by atoms with Crippen LogP contribution in [0.2, 0.25) is 0 Å². The normalized spacial score (nSPS) is 14.1. The second-order valence-corrected chi connectivity index (χ2v) is 6.04. The molecule has 0 fully saturated rings. The number of hydrogen-bond acceptors (Lipinski definition) is 4. The van der Waals surface area contributed by atoms with Crippen molar-refractivity contribution in [3.8, 4) is 0 Å². The smallest absolute Gasteiger partial charge is 0.333 e. The standard InChI is InChI=1S/C14H15BrN4O2/c1-9-13(19(20)21)14(17(2)16-9)18-7-6-10-4-3-5-12(15)11(10)8-18/h3-5H,6-8H2,1-2H3. The van der Waals surface area contributed by atoms with Gasteiger partial charge in [-0.3, -0.25) is 10.1 Å². The minimum atomic E-state index is -0.340. The Hall–Kier alpha value is -1.89. The van der Waals surface area contributed by atoms with Crippen LogP contribution in [-0.2, 0) is 20.0 Å². The molecule has 0 bridgehead atoms. The molecule has 7 heteroatoms. The van der Waals surface area contributed by atoms with Gasteiger partial charge in [0.05, 0.1) is 4.92 Å². The Labute approximate surface area is 130 Å². The predicted octanol–water partition coefficient (Wildman–Crippen LogP) is 2.96. The van der Waals surface area contributed by atoms with Crippen LogP contribution in [0.15, 0.2) is 22.7 Å². The van der Waals surface area contributed by atoms with Gasteiger partial charge in [-0.2, -0.15) is 5.10 Å². The Morgan fingerprint density at radius 3 is 2.90 bits per heavy atom. The van der Waals surface area contributed by atoms with Gasteiger partial charge in [0.2, 0.25) is 5.82 Å². The van der Waals surface area contributed by atoms with Gasteiger partial charge in [-0.15, -0.1) is 0 Å². The molecule has 0 radical (unpaired) electrons. The van der Waals surface area contributed by atoms with Crippen LogP contribution in [0.5, 0.6) is 0 Å². The number of nitrogens with zero attached hydrogens (tertiary/aromatic N) is 4. The Morgan fingerprint density at radius 1 is 1.43 bits per heavy atom. The van der Waals surface area contributed by atoms with E-state index in [2.05, 4.69) is 27.1 Å². The number of nitro groups is 1. The molecule has 0 unspecified atom stereocenters. The van der Waals surface area contributed by atoms with Crippen molar-refractivity contribution >= 4 is 27.4 Å². The molecule has 0 atom stereocenters. The average Bonchev–Trinajstić information content (AvgIpc) is 2.74. The van der Waals surface area contributed by atoms with E-state index in [9.17, 15) is 10.1 Å². The molecule has 110 valence electrons. The summed E-state index contributed by atoms with van der Waals surface area (Å²) < 4.78 is 2.65. The van der Waals surface area contributed by atoms with Crippen molar-refractivity contribution in [3.05, 3.63) is 49.6 Å². The molecule has 0 amide bonds. The van der Waals surface area contributed by atoms with E-state index >= 15 is 0 Å². The molecule has 2 heterocycles. The fourth-order valence-electron chi connectivity index (χ4n) is 2.92. The topological polar surface area (TPSA) is 64.2 Å². The van der Waals surface area contributed by atoms with Crippen LogP contribution in [0.1, 0.15) is 16.8 Å². The highest BCUT2D eigenvalue weighted by Gasteiger charge is 2.30. The summed E-state index contributed by atoms with van der Waals surface area (Å²) in [6, 6.07) is 6.14. The van der Waals surface area contributed by atoms with Gasteiger partial charge in [0.1, 0.15) is 5.69 Å². The number of rotatable bonds is 2. The molecular weight excluding hydrogens is 336 g/mol. The van der Waals surface area contributed by atoms with Crippen molar-refractivity contribution in [3.63, 3.8) is 0 Å². The Morgan fingerprint density at radius 2 is 2.19 bits per heavy atom. The summed E-state index contributed by atoms with van der Waals surface area (Å²) in [4.78, 5) is 13.0. The van der Waals surface area contributed by atoms with E-state index in [1.165, 1.54) is 11.1 Å². The molecule has 3 rings (SSSR count). The zero-order valence-corrected chi connectivity index (χ0v) is 13.4. The number of anilines is 1. The Balaban J connectivity index is 2.04. The quantitative estimate of drug-likeness (QED) is 0.616. The summed E-state index contributed by atoms with van der Waals surface area (Å²) >= 11 is 3.57.